The molecule has 1 N–H and O–H groups in total. The van der Waals surface area contributed by atoms with E-state index in [4.69, 9.17) is 23.2 Å². The van der Waals surface area contributed by atoms with Crippen molar-refractivity contribution in [3.63, 3.8) is 0 Å². The van der Waals surface area contributed by atoms with E-state index in [9.17, 15) is 13.2 Å². The van der Waals surface area contributed by atoms with E-state index in [1.807, 2.05) is 25.1 Å². The van der Waals surface area contributed by atoms with Crippen LogP contribution in [0, 0.1) is 12.8 Å². The van der Waals surface area contributed by atoms with Crippen LogP contribution in [0.4, 0.5) is 5.13 Å². The molecule has 0 unspecified atom stereocenters. The summed E-state index contributed by atoms with van der Waals surface area (Å²) in [5, 5.41) is 3.62. The molecule has 158 valence electrons. The number of rotatable bonds is 4. The largest absolute Gasteiger partial charge is 0.302 e. The smallest absolute Gasteiger partial charge is 0.246 e. The lowest BCUT2D eigenvalue weighted by molar-refractivity contribution is -0.120. The molecule has 3 aromatic rings. The number of sulfonamides is 1. The van der Waals surface area contributed by atoms with Gasteiger partial charge in [-0.25, -0.2) is 13.4 Å². The van der Waals surface area contributed by atoms with Crippen LogP contribution in [0.2, 0.25) is 10.0 Å². The third-order valence-corrected chi connectivity index (χ3v) is 8.90. The van der Waals surface area contributed by atoms with Gasteiger partial charge in [-0.05, 0) is 49.6 Å². The Morgan fingerprint density at radius 1 is 1.17 bits per heavy atom. The molecule has 6 nitrogen and oxygen atoms in total. The first kappa shape index (κ1) is 21.5. The Kier molecular flexibility index (Phi) is 6.05. The summed E-state index contributed by atoms with van der Waals surface area (Å²) < 4.78 is 28.3. The summed E-state index contributed by atoms with van der Waals surface area (Å²) in [6.07, 6.45) is 0.828. The number of hydrogen-bond acceptors (Lipinski definition) is 5. The fraction of sp³-hybridized carbons (Fsp3) is 0.300. The number of halogens is 2. The fourth-order valence-corrected chi connectivity index (χ4v) is 7.04. The minimum Gasteiger partial charge on any atom is -0.302 e. The zero-order chi connectivity index (χ0) is 21.5. The molecule has 0 atom stereocenters. The zero-order valence-electron chi connectivity index (χ0n) is 16.1. The minimum absolute atomic E-state index is 0.0824. The van der Waals surface area contributed by atoms with Gasteiger partial charge in [0.2, 0.25) is 15.9 Å². The molecule has 10 heteroatoms. The van der Waals surface area contributed by atoms with Crippen molar-refractivity contribution in [2.24, 2.45) is 5.92 Å². The Bertz CT molecular complexity index is 1200. The Labute approximate surface area is 188 Å². The first-order chi connectivity index (χ1) is 14.3. The van der Waals surface area contributed by atoms with Crippen molar-refractivity contribution < 1.29 is 13.2 Å². The number of carbonyl (C=O) groups is 1. The van der Waals surface area contributed by atoms with Crippen molar-refractivity contribution >= 4 is 65.8 Å². The van der Waals surface area contributed by atoms with Crippen molar-refractivity contribution in [3.05, 3.63) is 52.0 Å². The van der Waals surface area contributed by atoms with Gasteiger partial charge in [0.1, 0.15) is 4.90 Å². The van der Waals surface area contributed by atoms with E-state index in [1.54, 1.807) is 6.07 Å². The van der Waals surface area contributed by atoms with Gasteiger partial charge in [-0.1, -0.05) is 46.7 Å². The maximum atomic E-state index is 13.0. The normalized spacial score (nSPS) is 16.1. The number of carbonyl (C=O) groups excluding carboxylic acids is 1. The maximum absolute atomic E-state index is 13.0. The van der Waals surface area contributed by atoms with Gasteiger partial charge in [0.05, 0.1) is 20.3 Å². The van der Waals surface area contributed by atoms with E-state index < -0.39 is 10.0 Å². The number of aryl methyl sites for hydroxylation is 1. The van der Waals surface area contributed by atoms with Crippen LogP contribution < -0.4 is 5.32 Å². The SMILES string of the molecule is Cc1ccc2nc(NC(=O)C3CCN(S(=O)(=O)c4c(Cl)cccc4Cl)CC3)sc2c1. The second-order valence-corrected chi connectivity index (χ2v) is 10.9. The van der Waals surface area contributed by atoms with Crippen molar-refractivity contribution in [1.29, 1.82) is 0 Å². The number of hydrogen-bond donors (Lipinski definition) is 1. The van der Waals surface area contributed by atoms with E-state index in [0.717, 1.165) is 15.8 Å². The van der Waals surface area contributed by atoms with Crippen LogP contribution in [0.1, 0.15) is 18.4 Å². The highest BCUT2D eigenvalue weighted by atomic mass is 35.5. The number of thiazole rings is 1. The van der Waals surface area contributed by atoms with Gasteiger partial charge in [-0.15, -0.1) is 0 Å². The van der Waals surface area contributed by atoms with Gasteiger partial charge < -0.3 is 5.32 Å². The number of nitrogens with one attached hydrogen (secondary N) is 1. The van der Waals surface area contributed by atoms with E-state index >= 15 is 0 Å². The van der Waals surface area contributed by atoms with Gasteiger partial charge in [0.25, 0.3) is 0 Å². The molecule has 0 saturated carbocycles. The third-order valence-electron chi connectivity index (χ3n) is 5.12. The number of piperidine rings is 1. The predicted molar refractivity (Wildman–Crippen MR) is 121 cm³/mol. The van der Waals surface area contributed by atoms with Crippen LogP contribution >= 0.6 is 34.5 Å². The molecule has 1 aliphatic rings. The van der Waals surface area contributed by atoms with E-state index in [0.29, 0.717) is 18.0 Å². The molecule has 0 bridgehead atoms. The summed E-state index contributed by atoms with van der Waals surface area (Å²) in [5.41, 5.74) is 1.98. The number of aromatic nitrogens is 1. The van der Waals surface area contributed by atoms with Crippen LogP contribution in [0.3, 0.4) is 0 Å². The molecular formula is C20H19Cl2N3O3S2. The lowest BCUT2D eigenvalue weighted by Gasteiger charge is -2.30. The van der Waals surface area contributed by atoms with Crippen molar-refractivity contribution in [2.75, 3.05) is 18.4 Å². The zero-order valence-corrected chi connectivity index (χ0v) is 19.2. The highest BCUT2D eigenvalue weighted by Crippen LogP contribution is 2.34. The molecular weight excluding hydrogens is 465 g/mol. The standard InChI is InChI=1S/C20H19Cl2N3O3S2/c1-12-5-6-16-17(11-12)29-20(23-16)24-19(26)13-7-9-25(10-8-13)30(27,28)18-14(21)3-2-4-15(18)22/h2-6,11,13H,7-10H2,1H3,(H,23,24,26). The average molecular weight is 484 g/mol. The summed E-state index contributed by atoms with van der Waals surface area (Å²) in [5.74, 6) is -0.425. The summed E-state index contributed by atoms with van der Waals surface area (Å²) in [7, 11) is -3.83. The van der Waals surface area contributed by atoms with Gasteiger partial charge in [0, 0.05) is 19.0 Å². The Morgan fingerprint density at radius 3 is 2.50 bits per heavy atom. The number of nitrogens with zero attached hydrogens (tertiary/aromatic N) is 2. The van der Waals surface area contributed by atoms with Crippen LogP contribution in [-0.4, -0.2) is 36.7 Å². The van der Waals surface area contributed by atoms with Gasteiger partial charge >= 0.3 is 0 Å². The van der Waals surface area contributed by atoms with E-state index in [-0.39, 0.29) is 39.9 Å². The summed E-state index contributed by atoms with van der Waals surface area (Å²) in [4.78, 5) is 17.1. The van der Waals surface area contributed by atoms with Crippen molar-refractivity contribution in [1.82, 2.24) is 9.29 Å². The van der Waals surface area contributed by atoms with E-state index in [1.165, 1.54) is 27.8 Å². The second kappa shape index (κ2) is 8.43. The highest BCUT2D eigenvalue weighted by Gasteiger charge is 2.34. The number of anilines is 1. The number of amides is 1. The molecule has 1 amide bonds. The lowest BCUT2D eigenvalue weighted by atomic mass is 9.97. The Hall–Kier alpha value is -1.71. The quantitative estimate of drug-likeness (QED) is 0.568. The molecule has 1 saturated heterocycles. The van der Waals surface area contributed by atoms with Crippen LogP contribution in [0.25, 0.3) is 10.2 Å². The van der Waals surface area contributed by atoms with Gasteiger partial charge in [-0.3, -0.25) is 4.79 Å². The van der Waals surface area contributed by atoms with Crippen LogP contribution in [0.15, 0.2) is 41.3 Å². The second-order valence-electron chi connectivity index (χ2n) is 7.21. The van der Waals surface area contributed by atoms with Gasteiger partial charge in [0.15, 0.2) is 5.13 Å². The summed E-state index contributed by atoms with van der Waals surface area (Å²) in [6.45, 7) is 2.46. The van der Waals surface area contributed by atoms with Crippen molar-refractivity contribution in [3.8, 4) is 0 Å². The first-order valence-corrected chi connectivity index (χ1v) is 12.4. The monoisotopic (exact) mass is 483 g/mol. The molecule has 4 rings (SSSR count). The van der Waals surface area contributed by atoms with Gasteiger partial charge in [-0.2, -0.15) is 4.31 Å². The molecule has 0 spiro atoms. The molecule has 2 aromatic carbocycles. The highest BCUT2D eigenvalue weighted by molar-refractivity contribution is 7.89. The predicted octanol–water partition coefficient (Wildman–Crippen LogP) is 4.95. The molecule has 1 aromatic heterocycles. The molecule has 0 radical (unpaired) electrons. The molecule has 0 aliphatic carbocycles. The molecule has 1 fully saturated rings. The third kappa shape index (κ3) is 4.20. The van der Waals surface area contributed by atoms with Crippen LogP contribution in [-0.2, 0) is 14.8 Å². The van der Waals surface area contributed by atoms with Crippen molar-refractivity contribution in [2.45, 2.75) is 24.7 Å². The topological polar surface area (TPSA) is 79.4 Å². The Balaban J connectivity index is 1.43. The maximum Gasteiger partial charge on any atom is 0.246 e. The Morgan fingerprint density at radius 2 is 1.83 bits per heavy atom. The number of benzene rings is 2. The summed E-state index contributed by atoms with van der Waals surface area (Å²) >= 11 is 13.6. The fourth-order valence-electron chi connectivity index (χ4n) is 3.51. The molecule has 30 heavy (non-hydrogen) atoms. The van der Waals surface area contributed by atoms with Crippen LogP contribution in [0.5, 0.6) is 0 Å². The number of fused-ring (bicyclic) bond motifs is 1. The lowest BCUT2D eigenvalue weighted by Crippen LogP contribution is -2.41. The first-order valence-electron chi connectivity index (χ1n) is 9.38. The van der Waals surface area contributed by atoms with E-state index in [2.05, 4.69) is 10.3 Å². The minimum atomic E-state index is -3.83. The summed E-state index contributed by atoms with van der Waals surface area (Å²) in [6, 6.07) is 10.5. The average Bonchev–Trinajstić information content (AvgIpc) is 3.09. The molecule has 1 aliphatic heterocycles. The molecule has 2 heterocycles.